The zero-order chi connectivity index (χ0) is 24.5. The largest absolute Gasteiger partial charge is 0.458 e. The molecule has 0 aromatic carbocycles. The summed E-state index contributed by atoms with van der Waals surface area (Å²) in [6.45, 7) is 7.61. The van der Waals surface area contributed by atoms with Gasteiger partial charge in [-0.15, -0.1) is 0 Å². The third-order valence-corrected chi connectivity index (χ3v) is 6.35. The number of oxazole rings is 2. The fraction of sp³-hybridized carbons (Fsp3) is 0.538. The minimum atomic E-state index is -0.359. The number of hydrogen-bond acceptors (Lipinski definition) is 8. The Labute approximate surface area is 200 Å². The van der Waals surface area contributed by atoms with Crippen LogP contribution in [0.1, 0.15) is 64.9 Å². The molecular formula is C26H34N2O6. The molecule has 0 unspecified atom stereocenters. The molecule has 2 aromatic rings. The van der Waals surface area contributed by atoms with Crippen molar-refractivity contribution in [3.05, 3.63) is 60.0 Å². The summed E-state index contributed by atoms with van der Waals surface area (Å²) in [7, 11) is 0. The van der Waals surface area contributed by atoms with Crippen LogP contribution in [0.2, 0.25) is 0 Å². The van der Waals surface area contributed by atoms with Crippen LogP contribution in [0, 0.1) is 11.8 Å². The molecule has 0 amide bonds. The van der Waals surface area contributed by atoms with Crippen molar-refractivity contribution in [2.45, 2.75) is 78.4 Å². The molecule has 0 saturated carbocycles. The molecule has 0 aliphatic carbocycles. The molecule has 2 aromatic heterocycles. The van der Waals surface area contributed by atoms with Crippen LogP contribution in [0.3, 0.4) is 0 Å². The van der Waals surface area contributed by atoms with Crippen LogP contribution in [-0.4, -0.2) is 34.1 Å². The number of hydrogen-bond donors (Lipinski definition) is 0. The first-order valence-corrected chi connectivity index (χ1v) is 11.8. The molecule has 1 aliphatic rings. The molecule has 34 heavy (non-hydrogen) atoms. The molecule has 184 valence electrons. The highest BCUT2D eigenvalue weighted by atomic mass is 16.5. The van der Waals surface area contributed by atoms with Gasteiger partial charge in [0.15, 0.2) is 12.8 Å². The Morgan fingerprint density at radius 1 is 0.765 bits per heavy atom. The van der Waals surface area contributed by atoms with Crippen LogP contribution in [0.5, 0.6) is 0 Å². The first kappa shape index (κ1) is 25.5. The van der Waals surface area contributed by atoms with Gasteiger partial charge in [-0.3, -0.25) is 0 Å². The monoisotopic (exact) mass is 470 g/mol. The van der Waals surface area contributed by atoms with Gasteiger partial charge in [0.05, 0.1) is 12.4 Å². The highest BCUT2D eigenvalue weighted by Crippen LogP contribution is 2.24. The standard InChI is InChI=1S/C26H34N2O6/c1-17-7-5-9-19(3)26(30)34-24(12-22-14-28-16-32-22)18(2)8-6-10-20(4)25(29)33-23(17)11-21-13-27-15-31-21/h9-10,13-18,23-24H,5-8,11-12H2,1-4H3/b19-9+,20-10+/t17-,18-,23-,24-/m0/s1. The molecule has 0 N–H and O–H groups in total. The summed E-state index contributed by atoms with van der Waals surface area (Å²) in [6.07, 6.45) is 12.8. The number of esters is 2. The van der Waals surface area contributed by atoms with Gasteiger partial charge in [0.2, 0.25) is 0 Å². The predicted molar refractivity (Wildman–Crippen MR) is 124 cm³/mol. The molecule has 0 bridgehead atoms. The van der Waals surface area contributed by atoms with E-state index in [1.54, 1.807) is 26.2 Å². The average molecular weight is 471 g/mol. The fourth-order valence-corrected chi connectivity index (χ4v) is 3.93. The fourth-order valence-electron chi connectivity index (χ4n) is 3.93. The molecule has 3 rings (SSSR count). The van der Waals surface area contributed by atoms with Crippen molar-refractivity contribution in [2.24, 2.45) is 11.8 Å². The minimum absolute atomic E-state index is 0.0500. The second-order valence-corrected chi connectivity index (χ2v) is 9.11. The van der Waals surface area contributed by atoms with E-state index >= 15 is 0 Å². The lowest BCUT2D eigenvalue weighted by Gasteiger charge is -2.25. The Hall–Kier alpha value is -3.16. The van der Waals surface area contributed by atoms with E-state index in [1.807, 2.05) is 26.0 Å². The van der Waals surface area contributed by atoms with Gasteiger partial charge in [-0.25, -0.2) is 19.6 Å². The zero-order valence-corrected chi connectivity index (χ0v) is 20.4. The molecule has 0 radical (unpaired) electrons. The summed E-state index contributed by atoms with van der Waals surface area (Å²) in [5, 5.41) is 0. The van der Waals surface area contributed by atoms with Gasteiger partial charge in [-0.1, -0.05) is 26.0 Å². The SMILES string of the molecule is C/C1=C\CC[C@H](C)[C@H](Cc2cnco2)OC(=O)/C(C)=C/CC[C@H](C)[C@H](Cc2cnco2)OC1=O. The van der Waals surface area contributed by atoms with E-state index < -0.39 is 0 Å². The summed E-state index contributed by atoms with van der Waals surface area (Å²) >= 11 is 0. The number of carbonyl (C=O) groups excluding carboxylic acids is 2. The van der Waals surface area contributed by atoms with Crippen molar-refractivity contribution >= 4 is 11.9 Å². The van der Waals surface area contributed by atoms with Crippen LogP contribution in [0.25, 0.3) is 0 Å². The number of aromatic nitrogens is 2. The van der Waals surface area contributed by atoms with Crippen molar-refractivity contribution in [1.29, 1.82) is 0 Å². The summed E-state index contributed by atoms with van der Waals surface area (Å²) in [5.74, 6) is 0.785. The molecule has 8 nitrogen and oxygen atoms in total. The number of cyclic esters (lactones) is 2. The van der Waals surface area contributed by atoms with Crippen molar-refractivity contribution in [3.63, 3.8) is 0 Å². The third kappa shape index (κ3) is 7.43. The molecule has 4 atom stereocenters. The minimum Gasteiger partial charge on any atom is -0.458 e. The van der Waals surface area contributed by atoms with Crippen LogP contribution < -0.4 is 0 Å². The lowest BCUT2D eigenvalue weighted by atomic mass is 9.94. The Morgan fingerprint density at radius 2 is 1.18 bits per heavy atom. The first-order valence-electron chi connectivity index (χ1n) is 11.8. The lowest BCUT2D eigenvalue weighted by Crippen LogP contribution is -2.29. The second kappa shape index (κ2) is 12.3. The predicted octanol–water partition coefficient (Wildman–Crippen LogP) is 5.01. The van der Waals surface area contributed by atoms with Gasteiger partial charge < -0.3 is 18.3 Å². The third-order valence-electron chi connectivity index (χ3n) is 6.35. The summed E-state index contributed by atoms with van der Waals surface area (Å²) in [5.41, 5.74) is 1.13. The van der Waals surface area contributed by atoms with Crippen molar-refractivity contribution in [1.82, 2.24) is 9.97 Å². The van der Waals surface area contributed by atoms with E-state index in [4.69, 9.17) is 18.3 Å². The average Bonchev–Trinajstić information content (AvgIpc) is 3.51. The Morgan fingerprint density at radius 3 is 1.53 bits per heavy atom. The summed E-state index contributed by atoms with van der Waals surface area (Å²) in [4.78, 5) is 33.5. The second-order valence-electron chi connectivity index (χ2n) is 9.11. The molecule has 8 heteroatoms. The lowest BCUT2D eigenvalue weighted by molar-refractivity contribution is -0.147. The van der Waals surface area contributed by atoms with Crippen molar-refractivity contribution < 1.29 is 27.9 Å². The van der Waals surface area contributed by atoms with Crippen LogP contribution in [0.15, 0.2) is 57.3 Å². The van der Waals surface area contributed by atoms with E-state index in [0.717, 1.165) is 12.8 Å². The Balaban J connectivity index is 1.78. The summed E-state index contributed by atoms with van der Waals surface area (Å²) < 4.78 is 22.5. The molecular weight excluding hydrogens is 436 g/mol. The van der Waals surface area contributed by atoms with Gasteiger partial charge in [-0.2, -0.15) is 0 Å². The molecule has 0 fully saturated rings. The van der Waals surface area contributed by atoms with E-state index in [9.17, 15) is 9.59 Å². The molecule has 3 heterocycles. The molecule has 0 saturated heterocycles. The zero-order valence-electron chi connectivity index (χ0n) is 20.4. The highest BCUT2D eigenvalue weighted by Gasteiger charge is 2.26. The Kier molecular flexibility index (Phi) is 9.24. The van der Waals surface area contributed by atoms with Gasteiger partial charge in [0.1, 0.15) is 23.7 Å². The topological polar surface area (TPSA) is 105 Å². The smallest absolute Gasteiger partial charge is 0.333 e. The number of rotatable bonds is 4. The van der Waals surface area contributed by atoms with Gasteiger partial charge >= 0.3 is 11.9 Å². The summed E-state index contributed by atoms with van der Waals surface area (Å²) in [6, 6.07) is 0. The van der Waals surface area contributed by atoms with Crippen LogP contribution in [-0.2, 0) is 31.9 Å². The van der Waals surface area contributed by atoms with Crippen molar-refractivity contribution in [3.8, 4) is 0 Å². The number of allylic oxidation sites excluding steroid dienone is 2. The quantitative estimate of drug-likeness (QED) is 0.574. The maximum absolute atomic E-state index is 12.8. The highest BCUT2D eigenvalue weighted by molar-refractivity contribution is 5.88. The normalized spacial score (nSPS) is 28.8. The molecule has 0 spiro atoms. The first-order chi connectivity index (χ1) is 16.3. The molecule has 1 aliphatic heterocycles. The van der Waals surface area contributed by atoms with E-state index in [0.29, 0.717) is 48.3 Å². The Bertz CT molecular complexity index is 897. The number of carbonyl (C=O) groups is 2. The van der Waals surface area contributed by atoms with Crippen LogP contribution in [0.4, 0.5) is 0 Å². The van der Waals surface area contributed by atoms with Gasteiger partial charge in [0, 0.05) is 24.0 Å². The van der Waals surface area contributed by atoms with Gasteiger partial charge in [0.25, 0.3) is 0 Å². The van der Waals surface area contributed by atoms with Crippen LogP contribution >= 0.6 is 0 Å². The number of nitrogens with zero attached hydrogens (tertiary/aromatic N) is 2. The maximum atomic E-state index is 12.8. The van der Waals surface area contributed by atoms with E-state index in [-0.39, 0.29) is 36.0 Å². The van der Waals surface area contributed by atoms with Gasteiger partial charge in [-0.05, 0) is 51.4 Å². The van der Waals surface area contributed by atoms with Crippen molar-refractivity contribution in [2.75, 3.05) is 0 Å². The van der Waals surface area contributed by atoms with E-state index in [2.05, 4.69) is 9.97 Å². The van der Waals surface area contributed by atoms with E-state index in [1.165, 1.54) is 12.8 Å². The number of ether oxygens (including phenoxy) is 2. The maximum Gasteiger partial charge on any atom is 0.333 e.